The number of carbonyl (C=O) groups excluding carboxylic acids is 1. The highest BCUT2D eigenvalue weighted by molar-refractivity contribution is 7.92. The van der Waals surface area contributed by atoms with E-state index in [-0.39, 0.29) is 10.7 Å². The number of carbonyl (C=O) groups is 1. The zero-order valence-corrected chi connectivity index (χ0v) is 10.7. The molecular weight excluding hydrogens is 220 g/mol. The predicted molar refractivity (Wildman–Crippen MR) is 64.5 cm³/mol. The minimum atomic E-state index is -0.984. The van der Waals surface area contributed by atoms with Gasteiger partial charge in [0.05, 0.1) is 6.26 Å². The lowest BCUT2D eigenvalue weighted by Gasteiger charge is -2.57. The zero-order valence-electron chi connectivity index (χ0n) is 9.85. The van der Waals surface area contributed by atoms with E-state index in [4.69, 9.17) is 0 Å². The molecular formula is C13H20O2S. The fourth-order valence-corrected chi connectivity index (χ4v) is 6.25. The highest BCUT2D eigenvalue weighted by atomic mass is 32.2. The van der Waals surface area contributed by atoms with Crippen LogP contribution in [-0.4, -0.2) is 22.3 Å². The van der Waals surface area contributed by atoms with E-state index in [2.05, 4.69) is 0 Å². The fourth-order valence-electron chi connectivity index (χ4n) is 5.10. The quantitative estimate of drug-likeness (QED) is 0.560. The van der Waals surface area contributed by atoms with Gasteiger partial charge in [0, 0.05) is 5.41 Å². The van der Waals surface area contributed by atoms with Crippen LogP contribution in [-0.2, 0) is 16.0 Å². The van der Waals surface area contributed by atoms with Crippen LogP contribution in [0.3, 0.4) is 0 Å². The Labute approximate surface area is 100 Å². The summed E-state index contributed by atoms with van der Waals surface area (Å²) in [5.41, 5.74) is 0.121. The van der Waals surface area contributed by atoms with Gasteiger partial charge in [0.15, 0.2) is 11.5 Å². The average Bonchev–Trinajstić information content (AvgIpc) is 2.14. The fraction of sp³-hybridized carbons (Fsp3) is 0.923. The Kier molecular flexibility index (Phi) is 2.59. The molecule has 16 heavy (non-hydrogen) atoms. The Hall–Kier alpha value is -0.0200. The van der Waals surface area contributed by atoms with Crippen molar-refractivity contribution in [2.75, 3.05) is 6.26 Å². The van der Waals surface area contributed by atoms with Crippen molar-refractivity contribution >= 4 is 17.5 Å². The van der Waals surface area contributed by atoms with Crippen molar-refractivity contribution in [2.45, 2.75) is 43.8 Å². The van der Waals surface area contributed by atoms with Crippen LogP contribution in [0.2, 0.25) is 0 Å². The van der Waals surface area contributed by atoms with E-state index in [0.29, 0.717) is 0 Å². The third-order valence-electron chi connectivity index (χ3n) is 5.17. The van der Waals surface area contributed by atoms with Crippen molar-refractivity contribution in [1.82, 2.24) is 0 Å². The largest absolute Gasteiger partial charge is 0.616 e. The molecule has 0 spiro atoms. The lowest BCUT2D eigenvalue weighted by molar-refractivity contribution is -0.115. The van der Waals surface area contributed by atoms with E-state index in [1.807, 2.05) is 0 Å². The molecule has 4 bridgehead atoms. The summed E-state index contributed by atoms with van der Waals surface area (Å²) in [5, 5.41) is -0.194. The summed E-state index contributed by atoms with van der Waals surface area (Å²) in [5.74, 6) is 2.49. The highest BCUT2D eigenvalue weighted by Gasteiger charge is 2.57. The topological polar surface area (TPSA) is 40.1 Å². The highest BCUT2D eigenvalue weighted by Crippen LogP contribution is 2.61. The van der Waals surface area contributed by atoms with Gasteiger partial charge < -0.3 is 4.55 Å². The van der Waals surface area contributed by atoms with E-state index in [1.165, 1.54) is 38.5 Å². The van der Waals surface area contributed by atoms with E-state index < -0.39 is 11.2 Å². The molecule has 0 heterocycles. The molecule has 0 amide bonds. The van der Waals surface area contributed by atoms with Crippen molar-refractivity contribution < 1.29 is 9.35 Å². The molecule has 0 N–H and O–H groups in total. The van der Waals surface area contributed by atoms with Crippen molar-refractivity contribution in [3.05, 3.63) is 0 Å². The van der Waals surface area contributed by atoms with Gasteiger partial charge in [-0.3, -0.25) is 4.79 Å². The molecule has 4 aliphatic carbocycles. The number of rotatable bonds is 3. The summed E-state index contributed by atoms with van der Waals surface area (Å²) in [6, 6.07) is 0. The van der Waals surface area contributed by atoms with Crippen LogP contribution in [0.15, 0.2) is 0 Å². The van der Waals surface area contributed by atoms with Gasteiger partial charge in [0.2, 0.25) is 0 Å². The van der Waals surface area contributed by atoms with Gasteiger partial charge >= 0.3 is 0 Å². The predicted octanol–water partition coefficient (Wildman–Crippen LogP) is 2.15. The van der Waals surface area contributed by atoms with Crippen LogP contribution < -0.4 is 0 Å². The number of hydrogen-bond acceptors (Lipinski definition) is 2. The summed E-state index contributed by atoms with van der Waals surface area (Å²) in [7, 11) is 0. The molecule has 90 valence electrons. The molecule has 2 unspecified atom stereocenters. The van der Waals surface area contributed by atoms with Crippen LogP contribution in [0.4, 0.5) is 0 Å². The van der Waals surface area contributed by atoms with Crippen LogP contribution >= 0.6 is 0 Å². The second-order valence-electron chi connectivity index (χ2n) is 6.34. The van der Waals surface area contributed by atoms with Gasteiger partial charge in [0.1, 0.15) is 0 Å². The molecule has 0 aromatic heterocycles. The first-order valence-electron chi connectivity index (χ1n) is 6.40. The lowest BCUT2D eigenvalue weighted by atomic mass is 9.49. The molecule has 0 aromatic carbocycles. The van der Waals surface area contributed by atoms with Crippen molar-refractivity contribution in [2.24, 2.45) is 23.2 Å². The average molecular weight is 240 g/mol. The Bertz CT molecular complexity index is 265. The van der Waals surface area contributed by atoms with Gasteiger partial charge in [-0.05, 0) is 67.5 Å². The monoisotopic (exact) mass is 240 g/mol. The van der Waals surface area contributed by atoms with Crippen LogP contribution in [0, 0.1) is 23.2 Å². The zero-order chi connectivity index (χ0) is 11.3. The Morgan fingerprint density at radius 3 is 1.94 bits per heavy atom. The molecule has 2 atom stereocenters. The van der Waals surface area contributed by atoms with Gasteiger partial charge in [-0.15, -0.1) is 0 Å². The van der Waals surface area contributed by atoms with Crippen molar-refractivity contribution in [3.8, 4) is 0 Å². The normalized spacial score (nSPS) is 49.0. The molecule has 2 nitrogen and oxygen atoms in total. The smallest absolute Gasteiger partial charge is 0.175 e. The minimum absolute atomic E-state index is 0.121. The summed E-state index contributed by atoms with van der Waals surface area (Å²) in [6.45, 7) is 0. The van der Waals surface area contributed by atoms with Crippen molar-refractivity contribution in [1.29, 1.82) is 0 Å². The molecule has 3 heteroatoms. The maximum Gasteiger partial charge on any atom is 0.175 e. The van der Waals surface area contributed by atoms with Crippen LogP contribution in [0.25, 0.3) is 0 Å². The first-order chi connectivity index (χ1) is 7.63. The Morgan fingerprint density at radius 1 is 1.19 bits per heavy atom. The second kappa shape index (κ2) is 3.74. The van der Waals surface area contributed by atoms with Gasteiger partial charge in [0.25, 0.3) is 0 Å². The number of hydrogen-bond donors (Lipinski definition) is 0. The second-order valence-corrected chi connectivity index (χ2v) is 7.84. The van der Waals surface area contributed by atoms with E-state index >= 15 is 0 Å². The van der Waals surface area contributed by atoms with E-state index in [1.54, 1.807) is 6.26 Å². The third-order valence-corrected chi connectivity index (χ3v) is 6.50. The number of aldehydes is 1. The van der Waals surface area contributed by atoms with Gasteiger partial charge in [-0.25, -0.2) is 0 Å². The van der Waals surface area contributed by atoms with Gasteiger partial charge in [-0.2, -0.15) is 0 Å². The Morgan fingerprint density at radius 2 is 1.62 bits per heavy atom. The first-order valence-corrected chi connectivity index (χ1v) is 8.02. The molecule has 0 saturated heterocycles. The van der Waals surface area contributed by atoms with E-state index in [9.17, 15) is 9.35 Å². The molecule has 4 fully saturated rings. The van der Waals surface area contributed by atoms with Crippen LogP contribution in [0.1, 0.15) is 38.5 Å². The summed E-state index contributed by atoms with van der Waals surface area (Å²) in [6.07, 6.45) is 10.3. The third kappa shape index (κ3) is 1.55. The SMILES string of the molecule is C[S+]([O-])C(C=O)C12CC3CC(CC(C3)C1)C2. The molecule has 0 radical (unpaired) electrons. The van der Waals surface area contributed by atoms with E-state index in [0.717, 1.165) is 24.0 Å². The van der Waals surface area contributed by atoms with Crippen molar-refractivity contribution in [3.63, 3.8) is 0 Å². The molecule has 4 saturated carbocycles. The Balaban J connectivity index is 1.90. The molecule has 0 aliphatic heterocycles. The minimum Gasteiger partial charge on any atom is -0.616 e. The molecule has 4 rings (SSSR count). The lowest BCUT2D eigenvalue weighted by Crippen LogP contribution is -2.54. The van der Waals surface area contributed by atoms with Crippen LogP contribution in [0.5, 0.6) is 0 Å². The summed E-state index contributed by atoms with van der Waals surface area (Å²) < 4.78 is 11.8. The maximum absolute atomic E-state index is 11.8. The summed E-state index contributed by atoms with van der Waals surface area (Å²) in [4.78, 5) is 11.3. The maximum atomic E-state index is 11.8. The molecule has 4 aliphatic rings. The van der Waals surface area contributed by atoms with Gasteiger partial charge in [-0.1, -0.05) is 0 Å². The summed E-state index contributed by atoms with van der Waals surface area (Å²) >= 11 is -0.984. The standard InChI is InChI=1S/C13H20O2S/c1-16(15)12(8-14)13-5-9-2-10(6-13)4-11(3-9)7-13/h8-12H,2-7H2,1H3. The first kappa shape index (κ1) is 11.1. The molecule has 0 aromatic rings.